The number of ether oxygens (including phenoxy) is 1. The maximum atomic E-state index is 13.0. The summed E-state index contributed by atoms with van der Waals surface area (Å²) in [6.07, 6.45) is 4.37. The van der Waals surface area contributed by atoms with Crippen molar-refractivity contribution in [3.63, 3.8) is 0 Å². The van der Waals surface area contributed by atoms with Crippen LogP contribution in [0.15, 0.2) is 58.6 Å². The van der Waals surface area contributed by atoms with Gasteiger partial charge in [0.25, 0.3) is 15.6 Å². The molecule has 0 spiro atoms. The van der Waals surface area contributed by atoms with Gasteiger partial charge in [-0.1, -0.05) is 11.6 Å². The van der Waals surface area contributed by atoms with E-state index in [2.05, 4.69) is 19.7 Å². The molecular formula is C21H18ClN5O4S. The Kier molecular flexibility index (Phi) is 5.57. The van der Waals surface area contributed by atoms with E-state index < -0.39 is 15.6 Å². The highest BCUT2D eigenvalue weighted by Gasteiger charge is 2.21. The molecule has 11 heteroatoms. The molecule has 0 fully saturated rings. The predicted molar refractivity (Wildman–Crippen MR) is 121 cm³/mol. The number of aromatic nitrogens is 4. The van der Waals surface area contributed by atoms with E-state index in [9.17, 15) is 13.2 Å². The predicted octanol–water partition coefficient (Wildman–Crippen LogP) is 3.23. The Balaban J connectivity index is 1.79. The molecule has 9 nitrogen and oxygen atoms in total. The summed E-state index contributed by atoms with van der Waals surface area (Å²) in [6, 6.07) is 8.09. The number of sulfonamides is 1. The van der Waals surface area contributed by atoms with Gasteiger partial charge in [0.2, 0.25) is 5.88 Å². The minimum absolute atomic E-state index is 0.0111. The first-order valence-corrected chi connectivity index (χ1v) is 11.2. The van der Waals surface area contributed by atoms with E-state index in [0.717, 1.165) is 0 Å². The molecule has 0 atom stereocenters. The van der Waals surface area contributed by atoms with Crippen LogP contribution in [0, 0.1) is 13.8 Å². The SMILES string of the molecule is COc1ncc(-c2ccc3ncc(Cl)c(=O)n3c2)cc1NS(=O)(=O)c1ccc(C)nc1C. The quantitative estimate of drug-likeness (QED) is 0.475. The van der Waals surface area contributed by atoms with Crippen LogP contribution in [0.3, 0.4) is 0 Å². The number of nitrogens with zero attached hydrogens (tertiary/aromatic N) is 4. The van der Waals surface area contributed by atoms with Crippen LogP contribution >= 0.6 is 11.6 Å². The molecule has 4 aromatic heterocycles. The Morgan fingerprint density at radius 2 is 1.84 bits per heavy atom. The zero-order chi connectivity index (χ0) is 23.0. The van der Waals surface area contributed by atoms with Crippen LogP contribution in [0.4, 0.5) is 5.69 Å². The average Bonchev–Trinajstić information content (AvgIpc) is 2.75. The molecule has 0 aliphatic carbocycles. The second-order valence-electron chi connectivity index (χ2n) is 6.98. The first-order chi connectivity index (χ1) is 15.2. The van der Waals surface area contributed by atoms with Gasteiger partial charge in [0.1, 0.15) is 21.3 Å². The van der Waals surface area contributed by atoms with Gasteiger partial charge in [0, 0.05) is 29.2 Å². The number of aryl methyl sites for hydroxylation is 2. The third-order valence-corrected chi connectivity index (χ3v) is 6.51. The maximum absolute atomic E-state index is 13.0. The van der Waals surface area contributed by atoms with Gasteiger partial charge in [0.05, 0.1) is 19.0 Å². The molecule has 164 valence electrons. The third-order valence-electron chi connectivity index (χ3n) is 4.75. The second kappa shape index (κ2) is 8.21. The van der Waals surface area contributed by atoms with Crippen molar-refractivity contribution in [2.75, 3.05) is 11.8 Å². The van der Waals surface area contributed by atoms with Crippen LogP contribution in [0.1, 0.15) is 11.4 Å². The molecule has 0 aliphatic rings. The van der Waals surface area contributed by atoms with Gasteiger partial charge in [-0.25, -0.2) is 18.4 Å². The number of rotatable bonds is 5. The van der Waals surface area contributed by atoms with E-state index >= 15 is 0 Å². The van der Waals surface area contributed by atoms with E-state index in [-0.39, 0.29) is 21.5 Å². The lowest BCUT2D eigenvalue weighted by Crippen LogP contribution is -2.16. The monoisotopic (exact) mass is 471 g/mol. The summed E-state index contributed by atoms with van der Waals surface area (Å²) in [6.45, 7) is 3.41. The molecule has 0 saturated carbocycles. The number of hydrogen-bond acceptors (Lipinski definition) is 7. The van der Waals surface area contributed by atoms with E-state index in [1.807, 2.05) is 0 Å². The lowest BCUT2D eigenvalue weighted by atomic mass is 10.1. The van der Waals surface area contributed by atoms with Gasteiger partial charge in [-0.15, -0.1) is 0 Å². The highest BCUT2D eigenvalue weighted by Crippen LogP contribution is 2.30. The summed E-state index contributed by atoms with van der Waals surface area (Å²) >= 11 is 5.90. The fourth-order valence-electron chi connectivity index (χ4n) is 3.23. The number of anilines is 1. The average molecular weight is 472 g/mol. The fraction of sp³-hybridized carbons (Fsp3) is 0.143. The minimum Gasteiger partial charge on any atom is -0.480 e. The molecule has 0 radical (unpaired) electrons. The minimum atomic E-state index is -3.95. The first kappa shape index (κ1) is 21.7. The first-order valence-electron chi connectivity index (χ1n) is 9.38. The lowest BCUT2D eigenvalue weighted by Gasteiger charge is -2.14. The molecule has 0 aliphatic heterocycles. The standard InChI is InChI=1S/C21H18ClN5O4S/c1-12-4-6-18(13(2)25-12)32(29,30)26-17-8-15(9-24-20(17)31-3)14-5-7-19-23-10-16(22)21(28)27(19)11-14/h4-11,26H,1-3H3. The highest BCUT2D eigenvalue weighted by molar-refractivity contribution is 7.92. The molecule has 4 heterocycles. The Morgan fingerprint density at radius 1 is 1.06 bits per heavy atom. The second-order valence-corrected chi connectivity index (χ2v) is 9.04. The van der Waals surface area contributed by atoms with Crippen LogP contribution in [0.2, 0.25) is 5.02 Å². The lowest BCUT2D eigenvalue weighted by molar-refractivity contribution is 0.400. The molecule has 32 heavy (non-hydrogen) atoms. The van der Waals surface area contributed by atoms with E-state index in [0.29, 0.717) is 28.2 Å². The van der Waals surface area contributed by atoms with Crippen molar-refractivity contribution in [1.29, 1.82) is 0 Å². The van der Waals surface area contributed by atoms with Crippen molar-refractivity contribution in [2.24, 2.45) is 0 Å². The van der Waals surface area contributed by atoms with E-state index in [1.165, 1.54) is 30.0 Å². The highest BCUT2D eigenvalue weighted by atomic mass is 35.5. The zero-order valence-corrected chi connectivity index (χ0v) is 18.9. The Bertz CT molecular complexity index is 1520. The summed E-state index contributed by atoms with van der Waals surface area (Å²) in [4.78, 5) is 24.9. The van der Waals surface area contributed by atoms with Gasteiger partial charge in [-0.3, -0.25) is 18.9 Å². The molecule has 1 N–H and O–H groups in total. The van der Waals surface area contributed by atoms with E-state index in [1.54, 1.807) is 44.3 Å². The van der Waals surface area contributed by atoms with Gasteiger partial charge in [-0.2, -0.15) is 0 Å². The number of methoxy groups -OCH3 is 1. The summed E-state index contributed by atoms with van der Waals surface area (Å²) in [5.74, 6) is 0.0951. The van der Waals surface area contributed by atoms with Crippen LogP contribution < -0.4 is 15.0 Å². The molecule has 0 unspecified atom stereocenters. The molecule has 0 bridgehead atoms. The van der Waals surface area contributed by atoms with Crippen molar-refractivity contribution in [2.45, 2.75) is 18.7 Å². The summed E-state index contributed by atoms with van der Waals surface area (Å²) in [5, 5.41) is -0.0111. The van der Waals surface area contributed by atoms with Crippen molar-refractivity contribution in [3.8, 4) is 17.0 Å². The Labute approximate surface area is 188 Å². The summed E-state index contributed by atoms with van der Waals surface area (Å²) < 4.78 is 35.1. The molecular weight excluding hydrogens is 454 g/mol. The van der Waals surface area contributed by atoms with Crippen LogP contribution in [-0.4, -0.2) is 34.9 Å². The van der Waals surface area contributed by atoms with Crippen molar-refractivity contribution >= 4 is 33.0 Å². The number of halogens is 1. The Morgan fingerprint density at radius 3 is 2.56 bits per heavy atom. The number of fused-ring (bicyclic) bond motifs is 1. The van der Waals surface area contributed by atoms with Crippen LogP contribution in [0.25, 0.3) is 16.8 Å². The number of nitrogens with one attached hydrogen (secondary N) is 1. The van der Waals surface area contributed by atoms with Gasteiger partial charge in [-0.05, 0) is 44.2 Å². The normalized spacial score (nSPS) is 11.5. The Hall–Kier alpha value is -3.50. The van der Waals surface area contributed by atoms with Gasteiger partial charge in [0.15, 0.2) is 0 Å². The largest absolute Gasteiger partial charge is 0.480 e. The molecule has 0 saturated heterocycles. The van der Waals surface area contributed by atoms with Crippen molar-refractivity contribution < 1.29 is 13.2 Å². The smallest absolute Gasteiger partial charge is 0.276 e. The fourth-order valence-corrected chi connectivity index (χ4v) is 4.60. The van der Waals surface area contributed by atoms with Crippen LogP contribution in [-0.2, 0) is 10.0 Å². The molecule has 0 aromatic carbocycles. The van der Waals surface area contributed by atoms with Gasteiger partial charge >= 0.3 is 0 Å². The maximum Gasteiger partial charge on any atom is 0.276 e. The topological polar surface area (TPSA) is 116 Å². The number of pyridine rings is 3. The zero-order valence-electron chi connectivity index (χ0n) is 17.3. The molecule has 0 amide bonds. The van der Waals surface area contributed by atoms with Crippen LogP contribution in [0.5, 0.6) is 5.88 Å². The third kappa shape index (κ3) is 4.02. The van der Waals surface area contributed by atoms with E-state index in [4.69, 9.17) is 16.3 Å². The summed E-state index contributed by atoms with van der Waals surface area (Å²) in [7, 11) is -2.56. The number of hydrogen-bond donors (Lipinski definition) is 1. The molecule has 4 rings (SSSR count). The molecule has 4 aromatic rings. The van der Waals surface area contributed by atoms with Gasteiger partial charge < -0.3 is 4.74 Å². The van der Waals surface area contributed by atoms with Crippen molar-refractivity contribution in [3.05, 3.63) is 75.7 Å². The summed E-state index contributed by atoms with van der Waals surface area (Å²) in [5.41, 5.74) is 2.39. The van der Waals surface area contributed by atoms with Crippen molar-refractivity contribution in [1.82, 2.24) is 19.4 Å².